The Balaban J connectivity index is 2.31. The lowest BCUT2D eigenvalue weighted by Gasteiger charge is -2.41. The van der Waals surface area contributed by atoms with Crippen LogP contribution in [0.1, 0.15) is 36.0 Å². The molecule has 94 valence electrons. The molecule has 0 aromatic heterocycles. The summed E-state index contributed by atoms with van der Waals surface area (Å²) in [6.07, 6.45) is 4.46. The Morgan fingerprint density at radius 2 is 2.00 bits per heavy atom. The third-order valence-corrected chi connectivity index (χ3v) is 4.10. The summed E-state index contributed by atoms with van der Waals surface area (Å²) in [4.78, 5) is 0. The minimum absolute atomic E-state index is 0.118. The largest absolute Gasteiger partial charge is 0.496 e. The summed E-state index contributed by atoms with van der Waals surface area (Å²) in [6, 6.07) is 4.29. The van der Waals surface area contributed by atoms with Crippen molar-refractivity contribution in [2.45, 2.75) is 39.5 Å². The van der Waals surface area contributed by atoms with Gasteiger partial charge < -0.3 is 9.84 Å². The van der Waals surface area contributed by atoms with Gasteiger partial charge in [0.2, 0.25) is 0 Å². The molecular formula is C15H22O2. The summed E-state index contributed by atoms with van der Waals surface area (Å²) in [5.74, 6) is 0.974. The standard InChI is InChI=1S/C15H22O2/c1-11-7-12(2)13(14(8-11)17-3)9-15(10-16)5-4-6-15/h7-8,16H,4-6,9-10H2,1-3H3. The number of aryl methyl sites for hydroxylation is 2. The van der Waals surface area contributed by atoms with E-state index in [0.717, 1.165) is 25.0 Å². The Hall–Kier alpha value is -1.02. The van der Waals surface area contributed by atoms with Crippen LogP contribution < -0.4 is 4.74 Å². The van der Waals surface area contributed by atoms with Crippen LogP contribution in [0, 0.1) is 19.3 Å². The second-order valence-electron chi connectivity index (χ2n) is 5.45. The predicted octanol–water partition coefficient (Wildman–Crippen LogP) is 3.02. The molecular weight excluding hydrogens is 212 g/mol. The van der Waals surface area contributed by atoms with Gasteiger partial charge in [0.05, 0.1) is 7.11 Å². The molecule has 1 saturated carbocycles. The number of hydrogen-bond donors (Lipinski definition) is 1. The van der Waals surface area contributed by atoms with Crippen molar-refractivity contribution in [2.75, 3.05) is 13.7 Å². The van der Waals surface area contributed by atoms with Crippen molar-refractivity contribution in [2.24, 2.45) is 5.41 Å². The first-order chi connectivity index (χ1) is 8.10. The van der Waals surface area contributed by atoms with Crippen LogP contribution in [-0.2, 0) is 6.42 Å². The van der Waals surface area contributed by atoms with E-state index in [4.69, 9.17) is 4.74 Å². The van der Waals surface area contributed by atoms with E-state index < -0.39 is 0 Å². The van der Waals surface area contributed by atoms with E-state index in [1.54, 1.807) is 7.11 Å². The van der Waals surface area contributed by atoms with Gasteiger partial charge in [-0.2, -0.15) is 0 Å². The van der Waals surface area contributed by atoms with E-state index in [1.165, 1.54) is 23.1 Å². The Labute approximate surface area is 104 Å². The summed E-state index contributed by atoms with van der Waals surface area (Å²) in [5, 5.41) is 9.57. The van der Waals surface area contributed by atoms with Crippen molar-refractivity contribution in [3.05, 3.63) is 28.8 Å². The third-order valence-electron chi connectivity index (χ3n) is 4.10. The fourth-order valence-corrected chi connectivity index (χ4v) is 2.81. The topological polar surface area (TPSA) is 29.5 Å². The maximum absolute atomic E-state index is 9.57. The van der Waals surface area contributed by atoms with Crippen LogP contribution in [0.3, 0.4) is 0 Å². The smallest absolute Gasteiger partial charge is 0.122 e. The Kier molecular flexibility index (Phi) is 3.43. The van der Waals surface area contributed by atoms with Crippen molar-refractivity contribution >= 4 is 0 Å². The number of aliphatic hydroxyl groups excluding tert-OH is 1. The van der Waals surface area contributed by atoms with Crippen molar-refractivity contribution in [1.82, 2.24) is 0 Å². The molecule has 1 fully saturated rings. The second kappa shape index (κ2) is 4.69. The lowest BCUT2D eigenvalue weighted by molar-refractivity contribution is 0.0443. The molecule has 1 N–H and O–H groups in total. The highest BCUT2D eigenvalue weighted by Crippen LogP contribution is 2.45. The first kappa shape index (κ1) is 12.4. The zero-order valence-electron chi connectivity index (χ0n) is 11.0. The predicted molar refractivity (Wildman–Crippen MR) is 69.5 cm³/mol. The van der Waals surface area contributed by atoms with E-state index in [2.05, 4.69) is 26.0 Å². The van der Waals surface area contributed by atoms with Gasteiger partial charge in [0.1, 0.15) is 5.75 Å². The molecule has 0 saturated heterocycles. The van der Waals surface area contributed by atoms with E-state index in [9.17, 15) is 5.11 Å². The number of methoxy groups -OCH3 is 1. The van der Waals surface area contributed by atoms with Gasteiger partial charge in [-0.15, -0.1) is 0 Å². The van der Waals surface area contributed by atoms with Gasteiger partial charge >= 0.3 is 0 Å². The summed E-state index contributed by atoms with van der Waals surface area (Å²) in [7, 11) is 1.73. The summed E-state index contributed by atoms with van der Waals surface area (Å²) in [5.41, 5.74) is 3.90. The zero-order valence-corrected chi connectivity index (χ0v) is 11.0. The molecule has 0 bridgehead atoms. The molecule has 0 unspecified atom stereocenters. The molecule has 0 amide bonds. The molecule has 0 heterocycles. The van der Waals surface area contributed by atoms with Gasteiger partial charge in [0, 0.05) is 6.61 Å². The maximum Gasteiger partial charge on any atom is 0.122 e. The average Bonchev–Trinajstić information content (AvgIpc) is 2.25. The van der Waals surface area contributed by atoms with Crippen molar-refractivity contribution in [3.63, 3.8) is 0 Å². The van der Waals surface area contributed by atoms with Crippen molar-refractivity contribution < 1.29 is 9.84 Å². The van der Waals surface area contributed by atoms with E-state index in [1.807, 2.05) is 0 Å². The fourth-order valence-electron chi connectivity index (χ4n) is 2.81. The number of ether oxygens (including phenoxy) is 1. The van der Waals surface area contributed by atoms with Crippen LogP contribution >= 0.6 is 0 Å². The molecule has 1 aliphatic carbocycles. The molecule has 1 aromatic carbocycles. The minimum Gasteiger partial charge on any atom is -0.496 e. The van der Waals surface area contributed by atoms with E-state index in [-0.39, 0.29) is 5.41 Å². The second-order valence-corrected chi connectivity index (χ2v) is 5.45. The number of benzene rings is 1. The summed E-state index contributed by atoms with van der Waals surface area (Å²) < 4.78 is 5.48. The van der Waals surface area contributed by atoms with E-state index >= 15 is 0 Å². The van der Waals surface area contributed by atoms with Gasteiger partial charge in [-0.3, -0.25) is 0 Å². The molecule has 1 aliphatic rings. The van der Waals surface area contributed by atoms with Crippen molar-refractivity contribution in [3.8, 4) is 5.75 Å². The van der Waals surface area contributed by atoms with Crippen molar-refractivity contribution in [1.29, 1.82) is 0 Å². The lowest BCUT2D eigenvalue weighted by atomic mass is 9.65. The highest BCUT2D eigenvalue weighted by molar-refractivity contribution is 5.43. The number of aliphatic hydroxyl groups is 1. The first-order valence-corrected chi connectivity index (χ1v) is 6.35. The van der Waals surface area contributed by atoms with Gasteiger partial charge in [0.15, 0.2) is 0 Å². The molecule has 0 spiro atoms. The molecule has 17 heavy (non-hydrogen) atoms. The molecule has 2 rings (SSSR count). The highest BCUT2D eigenvalue weighted by atomic mass is 16.5. The molecule has 2 nitrogen and oxygen atoms in total. The van der Waals surface area contributed by atoms with Gasteiger partial charge in [0.25, 0.3) is 0 Å². The Morgan fingerprint density at radius 3 is 2.47 bits per heavy atom. The summed E-state index contributed by atoms with van der Waals surface area (Å²) >= 11 is 0. The Morgan fingerprint density at radius 1 is 1.29 bits per heavy atom. The monoisotopic (exact) mass is 234 g/mol. The SMILES string of the molecule is COc1cc(C)cc(C)c1CC1(CO)CCC1. The van der Waals surface area contributed by atoms with Gasteiger partial charge in [-0.05, 0) is 61.3 Å². The van der Waals surface area contributed by atoms with Crippen LogP contribution in [0.2, 0.25) is 0 Å². The highest BCUT2D eigenvalue weighted by Gasteiger charge is 2.37. The molecule has 0 radical (unpaired) electrons. The molecule has 2 heteroatoms. The van der Waals surface area contributed by atoms with Crippen LogP contribution in [-0.4, -0.2) is 18.8 Å². The first-order valence-electron chi connectivity index (χ1n) is 6.35. The number of rotatable bonds is 4. The lowest BCUT2D eigenvalue weighted by Crippen LogP contribution is -2.35. The Bertz CT molecular complexity index is 400. The average molecular weight is 234 g/mol. The quantitative estimate of drug-likeness (QED) is 0.867. The normalized spacial score (nSPS) is 17.6. The summed E-state index contributed by atoms with van der Waals surface area (Å²) in [6.45, 7) is 4.52. The number of hydrogen-bond acceptors (Lipinski definition) is 2. The van der Waals surface area contributed by atoms with Crippen LogP contribution in [0.4, 0.5) is 0 Å². The van der Waals surface area contributed by atoms with Gasteiger partial charge in [-0.25, -0.2) is 0 Å². The van der Waals surface area contributed by atoms with Crippen LogP contribution in [0.25, 0.3) is 0 Å². The van der Waals surface area contributed by atoms with Crippen LogP contribution in [0.15, 0.2) is 12.1 Å². The zero-order chi connectivity index (χ0) is 12.5. The molecule has 1 aromatic rings. The maximum atomic E-state index is 9.57. The molecule has 0 aliphatic heterocycles. The van der Waals surface area contributed by atoms with Gasteiger partial charge in [-0.1, -0.05) is 12.5 Å². The van der Waals surface area contributed by atoms with E-state index in [0.29, 0.717) is 6.61 Å². The fraction of sp³-hybridized carbons (Fsp3) is 0.600. The van der Waals surface area contributed by atoms with Crippen LogP contribution in [0.5, 0.6) is 5.75 Å². The third kappa shape index (κ3) is 2.32. The molecule has 0 atom stereocenters. The minimum atomic E-state index is 0.118.